The Morgan fingerprint density at radius 2 is 0.491 bits per heavy atom. The van der Waals surface area contributed by atoms with E-state index in [0.29, 0.717) is 0 Å². The van der Waals surface area contributed by atoms with E-state index in [1.807, 2.05) is 0 Å². The first-order chi connectivity index (χ1) is 55.2. The minimum Gasteiger partial charge on any atom is -0.311 e. The van der Waals surface area contributed by atoms with Gasteiger partial charge in [-0.15, -0.1) is 0 Å². The van der Waals surface area contributed by atoms with E-state index >= 15 is 0 Å². The molecular weight excluding hydrogens is 1380 g/mol. The smallest absolute Gasteiger partial charge is 0.252 e. The van der Waals surface area contributed by atoms with Gasteiger partial charge in [-0.3, -0.25) is 0 Å². The van der Waals surface area contributed by atoms with Gasteiger partial charge in [0.1, 0.15) is 0 Å². The lowest BCUT2D eigenvalue weighted by Crippen LogP contribution is -2.65. The van der Waals surface area contributed by atoms with Crippen LogP contribution >= 0.6 is 0 Å². The van der Waals surface area contributed by atoms with E-state index in [0.717, 1.165) is 125 Å². The lowest BCUT2D eigenvalue weighted by atomic mass is 9.30. The summed E-state index contributed by atoms with van der Waals surface area (Å²) in [5.41, 5.74) is 36.0. The maximum absolute atomic E-state index is 2.74. The van der Waals surface area contributed by atoms with Crippen LogP contribution in [0.25, 0.3) is 22.3 Å². The molecule has 554 valence electrons. The molecule has 4 aliphatic heterocycles. The number of benzene rings is 15. The molecule has 8 heteroatoms. The van der Waals surface area contributed by atoms with E-state index in [9.17, 15) is 0 Å². The Kier molecular flexibility index (Phi) is 17.3. The van der Waals surface area contributed by atoms with Crippen LogP contribution in [-0.4, -0.2) is 13.4 Å². The number of anilines is 18. The molecule has 0 saturated heterocycles. The Labute approximate surface area is 674 Å². The second-order valence-corrected chi connectivity index (χ2v) is 35.3. The first-order valence-corrected chi connectivity index (χ1v) is 40.5. The molecule has 0 bridgehead atoms. The quantitative estimate of drug-likeness (QED) is 0.113. The van der Waals surface area contributed by atoms with Gasteiger partial charge in [0.25, 0.3) is 13.4 Å². The van der Waals surface area contributed by atoms with Gasteiger partial charge in [-0.25, -0.2) is 0 Å². The molecule has 0 N–H and O–H groups in total. The third kappa shape index (κ3) is 11.9. The summed E-state index contributed by atoms with van der Waals surface area (Å²) in [7, 11) is 0. The van der Waals surface area contributed by atoms with Crippen LogP contribution in [0.1, 0.15) is 105 Å². The van der Waals surface area contributed by atoms with Crippen molar-refractivity contribution in [2.45, 2.75) is 105 Å². The van der Waals surface area contributed by atoms with Gasteiger partial charge < -0.3 is 29.4 Å². The zero-order valence-corrected chi connectivity index (χ0v) is 67.3. The Bertz CT molecular complexity index is 6040. The Balaban J connectivity index is 0.997. The summed E-state index contributed by atoms with van der Waals surface area (Å²) in [5, 5.41) is 0. The summed E-state index contributed by atoms with van der Waals surface area (Å²) >= 11 is 0. The molecule has 0 atom stereocenters. The summed E-state index contributed by atoms with van der Waals surface area (Å²) < 4.78 is 0. The normalized spacial score (nSPS) is 13.3. The van der Waals surface area contributed by atoms with Gasteiger partial charge in [0.15, 0.2) is 0 Å². The van der Waals surface area contributed by atoms with Crippen molar-refractivity contribution in [1.29, 1.82) is 0 Å². The summed E-state index contributed by atoms with van der Waals surface area (Å²) in [6, 6.07) is 134. The van der Waals surface area contributed by atoms with Crippen molar-refractivity contribution in [2.24, 2.45) is 0 Å². The maximum Gasteiger partial charge on any atom is 0.252 e. The number of hydrogen-bond acceptors (Lipinski definition) is 6. The third-order valence-corrected chi connectivity index (χ3v) is 23.8. The van der Waals surface area contributed by atoms with Gasteiger partial charge in [-0.2, -0.15) is 0 Å². The first-order valence-electron chi connectivity index (χ1n) is 40.5. The highest BCUT2D eigenvalue weighted by atomic mass is 15.2. The molecule has 114 heavy (non-hydrogen) atoms. The zero-order valence-electron chi connectivity index (χ0n) is 67.3. The van der Waals surface area contributed by atoms with Gasteiger partial charge in [0, 0.05) is 96.4 Å². The number of rotatable bonds is 12. The van der Waals surface area contributed by atoms with E-state index in [-0.39, 0.29) is 35.1 Å². The molecule has 0 fully saturated rings. The second-order valence-electron chi connectivity index (χ2n) is 35.3. The molecule has 4 heterocycles. The van der Waals surface area contributed by atoms with Crippen molar-refractivity contribution >= 4 is 149 Å². The molecule has 6 nitrogen and oxygen atoms in total. The highest BCUT2D eigenvalue weighted by Crippen LogP contribution is 2.57. The maximum atomic E-state index is 2.74. The van der Waals surface area contributed by atoms with Crippen LogP contribution in [0.2, 0.25) is 0 Å². The Morgan fingerprint density at radius 3 is 0.825 bits per heavy atom. The Morgan fingerprint density at radius 1 is 0.219 bits per heavy atom. The van der Waals surface area contributed by atoms with Gasteiger partial charge in [-0.1, -0.05) is 332 Å². The topological polar surface area (TPSA) is 19.4 Å². The third-order valence-electron chi connectivity index (χ3n) is 23.8. The summed E-state index contributed by atoms with van der Waals surface area (Å²) in [4.78, 5) is 15.7. The fraction of sp³-hybridized carbons (Fsp3) is 0.151. The average molecular weight is 1470 g/mol. The van der Waals surface area contributed by atoms with Crippen LogP contribution in [0, 0.1) is 0 Å². The van der Waals surface area contributed by atoms with Crippen LogP contribution in [-0.2, 0) is 21.7 Å². The van der Waals surface area contributed by atoms with Crippen LogP contribution in [0.15, 0.2) is 352 Å². The number of nitrogens with zero attached hydrogens (tertiary/aromatic N) is 6. The van der Waals surface area contributed by atoms with Crippen molar-refractivity contribution in [3.05, 3.63) is 374 Å². The van der Waals surface area contributed by atoms with E-state index in [1.54, 1.807) is 0 Å². The van der Waals surface area contributed by atoms with E-state index in [2.05, 4.69) is 464 Å². The van der Waals surface area contributed by atoms with Gasteiger partial charge >= 0.3 is 0 Å². The first kappa shape index (κ1) is 71.5. The monoisotopic (exact) mass is 1470 g/mol. The van der Waals surface area contributed by atoms with Crippen LogP contribution in [0.3, 0.4) is 0 Å². The largest absolute Gasteiger partial charge is 0.311 e. The molecule has 0 radical (unpaired) electrons. The lowest BCUT2D eigenvalue weighted by molar-refractivity contribution is 0.586. The van der Waals surface area contributed by atoms with Gasteiger partial charge in [0.2, 0.25) is 0 Å². The van der Waals surface area contributed by atoms with E-state index in [1.165, 1.54) is 55.0 Å². The van der Waals surface area contributed by atoms with Crippen LogP contribution in [0.5, 0.6) is 0 Å². The highest BCUT2D eigenvalue weighted by Gasteiger charge is 2.50. The number of fused-ring (bicyclic) bond motifs is 8. The van der Waals surface area contributed by atoms with E-state index < -0.39 is 0 Å². The fourth-order valence-electron chi connectivity index (χ4n) is 18.9. The molecule has 15 aromatic carbocycles. The van der Waals surface area contributed by atoms with Crippen molar-refractivity contribution in [3.8, 4) is 22.3 Å². The van der Waals surface area contributed by atoms with Crippen molar-refractivity contribution in [2.75, 3.05) is 29.4 Å². The molecular formula is C106H94B2N6. The van der Waals surface area contributed by atoms with Crippen molar-refractivity contribution < 1.29 is 0 Å². The molecule has 15 aromatic rings. The molecule has 4 aliphatic rings. The molecule has 0 unspecified atom stereocenters. The minimum absolute atomic E-state index is 0.224. The van der Waals surface area contributed by atoms with E-state index in [4.69, 9.17) is 0 Å². The van der Waals surface area contributed by atoms with Crippen molar-refractivity contribution in [3.63, 3.8) is 0 Å². The van der Waals surface area contributed by atoms with Gasteiger partial charge in [-0.05, 0) is 191 Å². The molecule has 0 saturated carbocycles. The predicted octanol–water partition coefficient (Wildman–Crippen LogP) is 25.3. The summed E-state index contributed by atoms with van der Waals surface area (Å²) in [6.45, 7) is 27.8. The lowest BCUT2D eigenvalue weighted by Gasteiger charge is -2.48. The number of hydrogen-bond donors (Lipinski definition) is 0. The average Bonchev–Trinajstić information content (AvgIpc) is 0.679. The molecule has 0 spiro atoms. The SMILES string of the molecule is CC(C)(C)c1ccccc1N(c1cc2c3c(c1)N(c1ccccc1)c1cc4c(cc1B3c1ccccc1N2c1ccccc1)B1c2ccccc2N(c2ccccc2)c2cc(N(c3ccccc3C(C)(C)C)c3ccccc3C(C)(C)C)cc(c21)N4c1c(-c2ccccc2)cccc1-c1ccccc1)c1ccccc1C(C)(C)C. The standard InChI is InChI=1S/C106H94B2N6/c1-103(2,3)80-53-28-34-59-88(80)112(89-60-35-29-54-81(89)104(4,5)6)76-65-96-100-98(67-76)111(75-49-26-17-27-50-75)94-70-95-87(69-86(94)107(100)84-57-32-38-63-92(84)109(96)73-45-22-15-23-46-73)108-85-58-33-39-64-93(85)110(74-47-24-16-25-48-74)97-66-77(113(90-61-36-30-55-82(90)105(7,8)9)91-62-37-31-56-83(91)106(10,11)12)68-99(101(97)108)114(95)102-78(71-41-18-13-19-42-71)51-40-52-79(102)72-43-20-14-21-44-72/h13-70H,1-12H3. The highest BCUT2D eigenvalue weighted by molar-refractivity contribution is 7.03. The summed E-state index contributed by atoms with van der Waals surface area (Å²) in [6.07, 6.45) is 0. The predicted molar refractivity (Wildman–Crippen MR) is 490 cm³/mol. The summed E-state index contributed by atoms with van der Waals surface area (Å²) in [5.74, 6) is 0. The van der Waals surface area contributed by atoms with Gasteiger partial charge in [0.05, 0.1) is 17.1 Å². The second kappa shape index (κ2) is 27.6. The van der Waals surface area contributed by atoms with Crippen LogP contribution in [0.4, 0.5) is 102 Å². The molecule has 0 aromatic heterocycles. The minimum atomic E-state index is -0.273. The van der Waals surface area contributed by atoms with Crippen molar-refractivity contribution in [1.82, 2.24) is 0 Å². The molecule has 19 rings (SSSR count). The Hall–Kier alpha value is -12.8. The molecule has 0 aliphatic carbocycles. The van der Waals surface area contributed by atoms with Crippen LogP contribution < -0.4 is 62.2 Å². The fourth-order valence-corrected chi connectivity index (χ4v) is 18.9. The number of para-hydroxylation sites is 10. The zero-order chi connectivity index (χ0) is 78.1. The molecule has 0 amide bonds.